The lowest BCUT2D eigenvalue weighted by atomic mass is 10.0. The summed E-state index contributed by atoms with van der Waals surface area (Å²) in [6.45, 7) is 4.44. The Morgan fingerprint density at radius 2 is 1.06 bits per heavy atom. The SMILES string of the molecule is CCCCCC/C=C\CCCCCCCC(=O)OC(CCCC)CCCCCCCCCC(=O)O. The molecular formula is C31H58O4. The van der Waals surface area contributed by atoms with Gasteiger partial charge in [-0.05, 0) is 57.8 Å². The van der Waals surface area contributed by atoms with Gasteiger partial charge in [-0.2, -0.15) is 0 Å². The molecule has 0 rings (SSSR count). The highest BCUT2D eigenvalue weighted by molar-refractivity contribution is 5.69. The molecule has 0 radical (unpaired) electrons. The van der Waals surface area contributed by atoms with Crippen LogP contribution in [0.4, 0.5) is 0 Å². The van der Waals surface area contributed by atoms with Gasteiger partial charge in [0.05, 0.1) is 0 Å². The third kappa shape index (κ3) is 27.1. The van der Waals surface area contributed by atoms with Crippen molar-refractivity contribution in [2.24, 2.45) is 0 Å². The molecule has 0 aromatic carbocycles. The molecule has 0 heterocycles. The molecule has 0 fully saturated rings. The van der Waals surface area contributed by atoms with Gasteiger partial charge in [0, 0.05) is 12.8 Å². The highest BCUT2D eigenvalue weighted by atomic mass is 16.5. The van der Waals surface area contributed by atoms with Gasteiger partial charge in [0.2, 0.25) is 0 Å². The second-order valence-corrected chi connectivity index (χ2v) is 10.3. The number of allylic oxidation sites excluding steroid dienone is 2. The summed E-state index contributed by atoms with van der Waals surface area (Å²) in [4.78, 5) is 22.8. The van der Waals surface area contributed by atoms with Gasteiger partial charge >= 0.3 is 11.9 Å². The fourth-order valence-electron chi connectivity index (χ4n) is 4.46. The number of hydrogen-bond donors (Lipinski definition) is 1. The second-order valence-electron chi connectivity index (χ2n) is 10.3. The van der Waals surface area contributed by atoms with Crippen LogP contribution >= 0.6 is 0 Å². The van der Waals surface area contributed by atoms with Crippen LogP contribution in [0.15, 0.2) is 12.2 Å². The van der Waals surface area contributed by atoms with Crippen molar-refractivity contribution in [3.8, 4) is 0 Å². The van der Waals surface area contributed by atoms with Crippen LogP contribution in [-0.4, -0.2) is 23.1 Å². The van der Waals surface area contributed by atoms with Gasteiger partial charge in [0.15, 0.2) is 0 Å². The minimum atomic E-state index is -0.690. The largest absolute Gasteiger partial charge is 0.481 e. The fourth-order valence-corrected chi connectivity index (χ4v) is 4.46. The van der Waals surface area contributed by atoms with E-state index in [0.29, 0.717) is 12.8 Å². The zero-order chi connectivity index (χ0) is 25.8. The first-order valence-electron chi connectivity index (χ1n) is 15.2. The minimum Gasteiger partial charge on any atom is -0.481 e. The molecule has 0 aromatic rings. The molecule has 1 unspecified atom stereocenters. The quantitative estimate of drug-likeness (QED) is 0.0701. The van der Waals surface area contributed by atoms with E-state index in [1.807, 2.05) is 0 Å². The van der Waals surface area contributed by atoms with Crippen molar-refractivity contribution in [3.05, 3.63) is 12.2 Å². The van der Waals surface area contributed by atoms with Crippen molar-refractivity contribution in [2.45, 2.75) is 174 Å². The highest BCUT2D eigenvalue weighted by Crippen LogP contribution is 2.17. The standard InChI is InChI=1S/C31H58O4/c1-3-5-7-8-9-10-11-12-13-14-18-21-24-28-31(34)35-29(25-6-4-2)26-22-19-16-15-17-20-23-27-30(32)33/h10-11,29H,3-9,12-28H2,1-2H3,(H,32,33)/b11-10-. The first-order valence-corrected chi connectivity index (χ1v) is 15.2. The van der Waals surface area contributed by atoms with Crippen molar-refractivity contribution in [1.82, 2.24) is 0 Å². The topological polar surface area (TPSA) is 63.6 Å². The van der Waals surface area contributed by atoms with E-state index in [4.69, 9.17) is 9.84 Å². The van der Waals surface area contributed by atoms with Crippen LogP contribution < -0.4 is 0 Å². The summed E-state index contributed by atoms with van der Waals surface area (Å²) in [7, 11) is 0. The molecule has 0 amide bonds. The molecule has 1 N–H and O–H groups in total. The van der Waals surface area contributed by atoms with Crippen LogP contribution in [0.1, 0.15) is 168 Å². The average Bonchev–Trinajstić information content (AvgIpc) is 2.83. The zero-order valence-corrected chi connectivity index (χ0v) is 23.4. The van der Waals surface area contributed by atoms with E-state index in [0.717, 1.165) is 64.2 Å². The summed E-state index contributed by atoms with van der Waals surface area (Å²) in [6.07, 6.45) is 31.1. The summed E-state index contributed by atoms with van der Waals surface area (Å²) in [5, 5.41) is 8.66. The van der Waals surface area contributed by atoms with E-state index in [1.54, 1.807) is 0 Å². The highest BCUT2D eigenvalue weighted by Gasteiger charge is 2.13. The maximum absolute atomic E-state index is 12.3. The number of carbonyl (C=O) groups is 2. The van der Waals surface area contributed by atoms with Crippen molar-refractivity contribution in [2.75, 3.05) is 0 Å². The van der Waals surface area contributed by atoms with Crippen molar-refractivity contribution in [1.29, 1.82) is 0 Å². The van der Waals surface area contributed by atoms with Gasteiger partial charge in [-0.3, -0.25) is 9.59 Å². The molecule has 1 atom stereocenters. The third-order valence-corrected chi connectivity index (χ3v) is 6.74. The van der Waals surface area contributed by atoms with Crippen LogP contribution in [0.2, 0.25) is 0 Å². The van der Waals surface area contributed by atoms with Crippen LogP contribution in [0, 0.1) is 0 Å². The van der Waals surface area contributed by atoms with Gasteiger partial charge in [-0.1, -0.05) is 109 Å². The number of ether oxygens (including phenoxy) is 1. The smallest absolute Gasteiger partial charge is 0.306 e. The molecule has 206 valence electrons. The van der Waals surface area contributed by atoms with Gasteiger partial charge in [0.1, 0.15) is 6.10 Å². The monoisotopic (exact) mass is 494 g/mol. The minimum absolute atomic E-state index is 0.00413. The molecule has 0 saturated carbocycles. The van der Waals surface area contributed by atoms with E-state index < -0.39 is 5.97 Å². The van der Waals surface area contributed by atoms with Crippen molar-refractivity contribution in [3.63, 3.8) is 0 Å². The Morgan fingerprint density at radius 3 is 1.63 bits per heavy atom. The molecular weight excluding hydrogens is 436 g/mol. The third-order valence-electron chi connectivity index (χ3n) is 6.74. The molecule has 0 aliphatic heterocycles. The second kappa shape index (κ2) is 27.3. The molecule has 0 bridgehead atoms. The lowest BCUT2D eigenvalue weighted by Crippen LogP contribution is -2.18. The molecule has 4 nitrogen and oxygen atoms in total. The summed E-state index contributed by atoms with van der Waals surface area (Å²) < 4.78 is 5.84. The van der Waals surface area contributed by atoms with E-state index >= 15 is 0 Å². The average molecular weight is 495 g/mol. The number of unbranched alkanes of at least 4 members (excludes halogenated alkanes) is 16. The summed E-state index contributed by atoms with van der Waals surface area (Å²) >= 11 is 0. The summed E-state index contributed by atoms with van der Waals surface area (Å²) in [6, 6.07) is 0. The van der Waals surface area contributed by atoms with Crippen LogP contribution in [0.3, 0.4) is 0 Å². The lowest BCUT2D eigenvalue weighted by molar-refractivity contribution is -0.150. The van der Waals surface area contributed by atoms with Crippen LogP contribution in [0.25, 0.3) is 0 Å². The Labute approximate surface area is 217 Å². The Bertz CT molecular complexity index is 500. The number of aliphatic carboxylic acids is 1. The number of hydrogen-bond acceptors (Lipinski definition) is 3. The Kier molecular flexibility index (Phi) is 26.2. The number of rotatable bonds is 27. The van der Waals surface area contributed by atoms with Gasteiger partial charge in [-0.25, -0.2) is 0 Å². The number of carbonyl (C=O) groups excluding carboxylic acids is 1. The Hall–Kier alpha value is -1.32. The van der Waals surface area contributed by atoms with E-state index in [-0.39, 0.29) is 12.1 Å². The fraction of sp³-hybridized carbons (Fsp3) is 0.871. The summed E-state index contributed by atoms with van der Waals surface area (Å²) in [5.74, 6) is -0.694. The van der Waals surface area contributed by atoms with Crippen molar-refractivity contribution < 1.29 is 19.4 Å². The molecule has 0 spiro atoms. The first-order chi connectivity index (χ1) is 17.1. The maximum atomic E-state index is 12.3. The molecule has 0 aliphatic carbocycles. The number of carboxylic acid groups (broad SMARTS) is 1. The predicted molar refractivity (Wildman–Crippen MR) is 149 cm³/mol. The summed E-state index contributed by atoms with van der Waals surface area (Å²) in [5.41, 5.74) is 0. The molecule has 0 saturated heterocycles. The first kappa shape index (κ1) is 33.7. The van der Waals surface area contributed by atoms with E-state index in [9.17, 15) is 9.59 Å². The number of esters is 1. The molecule has 0 aliphatic rings. The lowest BCUT2D eigenvalue weighted by Gasteiger charge is -2.18. The number of carboxylic acids is 1. The van der Waals surface area contributed by atoms with Crippen molar-refractivity contribution >= 4 is 11.9 Å². The normalized spacial score (nSPS) is 12.3. The van der Waals surface area contributed by atoms with E-state index in [1.165, 1.54) is 77.0 Å². The zero-order valence-electron chi connectivity index (χ0n) is 23.4. The van der Waals surface area contributed by atoms with Crippen LogP contribution in [-0.2, 0) is 14.3 Å². The Balaban J connectivity index is 3.72. The maximum Gasteiger partial charge on any atom is 0.306 e. The molecule has 0 aromatic heterocycles. The van der Waals surface area contributed by atoms with E-state index in [2.05, 4.69) is 26.0 Å². The van der Waals surface area contributed by atoms with Crippen LogP contribution in [0.5, 0.6) is 0 Å². The molecule has 4 heteroatoms. The Morgan fingerprint density at radius 1 is 0.600 bits per heavy atom. The van der Waals surface area contributed by atoms with Gasteiger partial charge < -0.3 is 9.84 Å². The molecule has 35 heavy (non-hydrogen) atoms. The van der Waals surface area contributed by atoms with Gasteiger partial charge in [0.25, 0.3) is 0 Å². The predicted octanol–water partition coefficient (Wildman–Crippen LogP) is 9.94. The van der Waals surface area contributed by atoms with Gasteiger partial charge in [-0.15, -0.1) is 0 Å².